The summed E-state index contributed by atoms with van der Waals surface area (Å²) in [7, 11) is 0. The molecule has 0 amide bonds. The summed E-state index contributed by atoms with van der Waals surface area (Å²) in [5, 5.41) is 11.4. The molecule has 0 aliphatic heterocycles. The van der Waals surface area contributed by atoms with E-state index < -0.39 is 6.67 Å². The van der Waals surface area contributed by atoms with Gasteiger partial charge in [-0.25, -0.2) is 4.39 Å². The van der Waals surface area contributed by atoms with E-state index in [1.807, 2.05) is 0 Å². The summed E-state index contributed by atoms with van der Waals surface area (Å²) in [5.74, 6) is 0.207. The third kappa shape index (κ3) is 2.17. The lowest BCUT2D eigenvalue weighted by Gasteiger charge is -2.20. The summed E-state index contributed by atoms with van der Waals surface area (Å²) < 4.78 is 12.2. The van der Waals surface area contributed by atoms with Crippen LogP contribution >= 0.6 is 0 Å². The second-order valence-corrected chi connectivity index (χ2v) is 3.06. The van der Waals surface area contributed by atoms with Gasteiger partial charge in [0.1, 0.15) is 6.67 Å². The monoisotopic (exact) mass is 159 g/mol. The fraction of sp³-hybridized carbons (Fsp3) is 0.875. The van der Waals surface area contributed by atoms with Crippen molar-refractivity contribution in [3.63, 3.8) is 0 Å². The van der Waals surface area contributed by atoms with Gasteiger partial charge in [0.15, 0.2) is 0 Å². The Morgan fingerprint density at radius 1 is 1.36 bits per heavy atom. The number of hydrogen-bond acceptors (Lipinski definition) is 2. The van der Waals surface area contributed by atoms with E-state index in [-0.39, 0.29) is 5.92 Å². The molecule has 0 aromatic rings. The predicted octanol–water partition coefficient (Wildman–Crippen LogP) is 2.37. The van der Waals surface area contributed by atoms with Crippen molar-refractivity contribution in [3.8, 4) is 0 Å². The fourth-order valence-corrected chi connectivity index (χ4v) is 1.65. The van der Waals surface area contributed by atoms with E-state index in [9.17, 15) is 4.39 Å². The molecule has 2 nitrogen and oxygen atoms in total. The largest absolute Gasteiger partial charge is 0.411 e. The molecule has 1 rings (SSSR count). The van der Waals surface area contributed by atoms with Gasteiger partial charge >= 0.3 is 0 Å². The van der Waals surface area contributed by atoms with Crippen molar-refractivity contribution in [2.24, 2.45) is 11.1 Å². The van der Waals surface area contributed by atoms with Crippen LogP contribution in [-0.2, 0) is 0 Å². The number of oxime groups is 1. The Kier molecular flexibility index (Phi) is 3.33. The van der Waals surface area contributed by atoms with E-state index >= 15 is 0 Å². The number of rotatable bonds is 2. The molecule has 0 unspecified atom stereocenters. The lowest BCUT2D eigenvalue weighted by molar-refractivity contribution is 0.304. The summed E-state index contributed by atoms with van der Waals surface area (Å²) in [6, 6.07) is 0. The Labute approximate surface area is 66.1 Å². The second kappa shape index (κ2) is 4.31. The van der Waals surface area contributed by atoms with Gasteiger partial charge in [-0.15, -0.1) is 0 Å². The van der Waals surface area contributed by atoms with Gasteiger partial charge in [0.05, 0.1) is 5.71 Å². The van der Waals surface area contributed by atoms with Gasteiger partial charge in [-0.3, -0.25) is 0 Å². The average Bonchev–Trinajstić information content (AvgIpc) is 2.09. The van der Waals surface area contributed by atoms with E-state index in [0.29, 0.717) is 5.71 Å². The third-order valence-corrected chi connectivity index (χ3v) is 2.34. The first-order valence-electron chi connectivity index (χ1n) is 4.15. The van der Waals surface area contributed by atoms with Gasteiger partial charge in [0.25, 0.3) is 0 Å². The minimum absolute atomic E-state index is 0.207. The van der Waals surface area contributed by atoms with Crippen molar-refractivity contribution in [1.29, 1.82) is 0 Å². The quantitative estimate of drug-likeness (QED) is 0.374. The van der Waals surface area contributed by atoms with Crippen LogP contribution in [0.2, 0.25) is 0 Å². The molecule has 0 aromatic carbocycles. The molecular formula is C8H14FNO. The molecule has 0 atom stereocenters. The highest BCUT2D eigenvalue weighted by Gasteiger charge is 2.19. The summed E-state index contributed by atoms with van der Waals surface area (Å²) in [6.07, 6.45) is 5.50. The lowest BCUT2D eigenvalue weighted by Crippen LogP contribution is -2.19. The Morgan fingerprint density at radius 2 is 2.00 bits per heavy atom. The molecule has 64 valence electrons. The molecule has 1 N–H and O–H groups in total. The standard InChI is InChI=1S/C8H14FNO/c9-6-8(10-11)7-4-2-1-3-5-7/h7,11H,1-6H2. The molecule has 11 heavy (non-hydrogen) atoms. The van der Waals surface area contributed by atoms with Crippen molar-refractivity contribution in [3.05, 3.63) is 0 Å². The van der Waals surface area contributed by atoms with Crippen molar-refractivity contribution >= 4 is 5.71 Å². The Morgan fingerprint density at radius 3 is 2.45 bits per heavy atom. The van der Waals surface area contributed by atoms with Gasteiger partial charge in [-0.2, -0.15) is 0 Å². The molecule has 1 saturated carbocycles. The second-order valence-electron chi connectivity index (χ2n) is 3.06. The van der Waals surface area contributed by atoms with E-state index in [0.717, 1.165) is 25.7 Å². The molecule has 0 saturated heterocycles. The molecule has 1 fully saturated rings. The van der Waals surface area contributed by atoms with Crippen LogP contribution in [0, 0.1) is 5.92 Å². The Hall–Kier alpha value is -0.600. The Balaban J connectivity index is 2.43. The van der Waals surface area contributed by atoms with Crippen LogP contribution in [-0.4, -0.2) is 17.6 Å². The van der Waals surface area contributed by atoms with Crippen molar-refractivity contribution < 1.29 is 9.60 Å². The fourth-order valence-electron chi connectivity index (χ4n) is 1.65. The molecule has 0 bridgehead atoms. The van der Waals surface area contributed by atoms with E-state index in [2.05, 4.69) is 5.16 Å². The average molecular weight is 159 g/mol. The van der Waals surface area contributed by atoms with Crippen LogP contribution in [0.4, 0.5) is 4.39 Å². The van der Waals surface area contributed by atoms with Gasteiger partial charge < -0.3 is 5.21 Å². The normalized spacial score (nSPS) is 22.1. The number of nitrogens with zero attached hydrogens (tertiary/aromatic N) is 1. The summed E-state index contributed by atoms with van der Waals surface area (Å²) in [4.78, 5) is 0. The first kappa shape index (κ1) is 8.50. The molecule has 1 aliphatic carbocycles. The zero-order chi connectivity index (χ0) is 8.10. The summed E-state index contributed by atoms with van der Waals surface area (Å²) in [5.41, 5.74) is 0.338. The van der Waals surface area contributed by atoms with E-state index in [1.54, 1.807) is 0 Å². The first-order valence-corrected chi connectivity index (χ1v) is 4.15. The van der Waals surface area contributed by atoms with Gasteiger partial charge in [0.2, 0.25) is 0 Å². The van der Waals surface area contributed by atoms with Crippen molar-refractivity contribution in [2.75, 3.05) is 6.67 Å². The Bertz CT molecular complexity index is 141. The van der Waals surface area contributed by atoms with E-state index in [4.69, 9.17) is 5.21 Å². The van der Waals surface area contributed by atoms with Crippen molar-refractivity contribution in [1.82, 2.24) is 0 Å². The van der Waals surface area contributed by atoms with Crippen LogP contribution in [0.1, 0.15) is 32.1 Å². The third-order valence-electron chi connectivity index (χ3n) is 2.34. The van der Waals surface area contributed by atoms with Crippen molar-refractivity contribution in [2.45, 2.75) is 32.1 Å². The van der Waals surface area contributed by atoms with Crippen LogP contribution < -0.4 is 0 Å². The highest BCUT2D eigenvalue weighted by Crippen LogP contribution is 2.24. The summed E-state index contributed by atoms with van der Waals surface area (Å²) in [6.45, 7) is -0.596. The zero-order valence-corrected chi connectivity index (χ0v) is 6.59. The SMILES string of the molecule is ON=C(CF)C1CCCCC1. The smallest absolute Gasteiger partial charge is 0.131 e. The molecule has 0 aromatic heterocycles. The minimum Gasteiger partial charge on any atom is -0.411 e. The molecular weight excluding hydrogens is 145 g/mol. The van der Waals surface area contributed by atoms with Crippen LogP contribution in [0.5, 0.6) is 0 Å². The maximum atomic E-state index is 12.2. The van der Waals surface area contributed by atoms with Gasteiger partial charge in [-0.1, -0.05) is 24.4 Å². The highest BCUT2D eigenvalue weighted by molar-refractivity contribution is 5.87. The summed E-state index contributed by atoms with van der Waals surface area (Å²) >= 11 is 0. The molecule has 0 radical (unpaired) electrons. The number of hydrogen-bond donors (Lipinski definition) is 1. The van der Waals surface area contributed by atoms with Gasteiger partial charge in [-0.05, 0) is 12.8 Å². The molecule has 1 aliphatic rings. The number of alkyl halides is 1. The lowest BCUT2D eigenvalue weighted by atomic mass is 9.86. The maximum absolute atomic E-state index is 12.2. The van der Waals surface area contributed by atoms with Crippen LogP contribution in [0.15, 0.2) is 5.16 Å². The zero-order valence-electron chi connectivity index (χ0n) is 6.59. The predicted molar refractivity (Wildman–Crippen MR) is 41.8 cm³/mol. The van der Waals surface area contributed by atoms with Crippen LogP contribution in [0.3, 0.4) is 0 Å². The number of halogens is 1. The van der Waals surface area contributed by atoms with E-state index in [1.165, 1.54) is 6.42 Å². The molecule has 3 heteroatoms. The first-order chi connectivity index (χ1) is 5.38. The van der Waals surface area contributed by atoms with Crippen LogP contribution in [0.25, 0.3) is 0 Å². The van der Waals surface area contributed by atoms with Gasteiger partial charge in [0, 0.05) is 5.92 Å². The topological polar surface area (TPSA) is 32.6 Å². The molecule has 0 spiro atoms. The maximum Gasteiger partial charge on any atom is 0.131 e. The highest BCUT2D eigenvalue weighted by atomic mass is 19.1. The molecule has 0 heterocycles. The minimum atomic E-state index is -0.596.